The van der Waals surface area contributed by atoms with E-state index in [1.807, 2.05) is 20.8 Å². The van der Waals surface area contributed by atoms with Crippen LogP contribution < -0.4 is 10.6 Å². The molecule has 2 amide bonds. The largest absolute Gasteiger partial charge is 0.378 e. The Morgan fingerprint density at radius 1 is 1.41 bits per heavy atom. The van der Waals surface area contributed by atoms with Crippen molar-refractivity contribution >= 4 is 6.03 Å². The molecule has 6 nitrogen and oxygen atoms in total. The summed E-state index contributed by atoms with van der Waals surface area (Å²) in [6.07, 6.45) is 5.43. The smallest absolute Gasteiger partial charge is 0.315 e. The van der Waals surface area contributed by atoms with Crippen molar-refractivity contribution in [3.05, 3.63) is 17.0 Å². The Kier molecular flexibility index (Phi) is 6.24. The fourth-order valence-electron chi connectivity index (χ4n) is 2.96. The van der Waals surface area contributed by atoms with Crippen LogP contribution in [0.1, 0.15) is 62.1 Å². The molecule has 0 spiro atoms. The molecule has 0 radical (unpaired) electrons. The van der Waals surface area contributed by atoms with E-state index in [1.54, 1.807) is 0 Å². The van der Waals surface area contributed by atoms with Crippen molar-refractivity contribution < 1.29 is 14.1 Å². The van der Waals surface area contributed by atoms with Gasteiger partial charge in [0.1, 0.15) is 5.76 Å². The summed E-state index contributed by atoms with van der Waals surface area (Å²) in [4.78, 5) is 12.1. The number of hydrogen-bond acceptors (Lipinski definition) is 4. The number of amides is 2. The summed E-state index contributed by atoms with van der Waals surface area (Å²) in [5, 5.41) is 9.86. The number of carbonyl (C=O) groups excluding carboxylic acids is 1. The minimum Gasteiger partial charge on any atom is -0.378 e. The lowest BCUT2D eigenvalue weighted by atomic mass is 10.0. The summed E-state index contributed by atoms with van der Waals surface area (Å²) in [5.41, 5.74) is 1.81. The van der Waals surface area contributed by atoms with Crippen LogP contribution in [0.15, 0.2) is 4.52 Å². The normalized spacial score (nSPS) is 19.7. The van der Waals surface area contributed by atoms with Crippen LogP contribution in [0.4, 0.5) is 4.79 Å². The van der Waals surface area contributed by atoms with E-state index in [2.05, 4.69) is 15.8 Å². The maximum atomic E-state index is 12.1. The van der Waals surface area contributed by atoms with Gasteiger partial charge in [-0.1, -0.05) is 12.1 Å². The van der Waals surface area contributed by atoms with Crippen LogP contribution in [0.5, 0.6) is 0 Å². The Morgan fingerprint density at radius 2 is 2.23 bits per heavy atom. The van der Waals surface area contributed by atoms with Gasteiger partial charge in [-0.15, -0.1) is 0 Å². The monoisotopic (exact) mass is 309 g/mol. The van der Waals surface area contributed by atoms with E-state index in [0.717, 1.165) is 49.3 Å². The molecule has 22 heavy (non-hydrogen) atoms. The van der Waals surface area contributed by atoms with Crippen molar-refractivity contribution in [1.82, 2.24) is 15.8 Å². The fraction of sp³-hybridized carbons (Fsp3) is 0.750. The Balaban J connectivity index is 1.77. The van der Waals surface area contributed by atoms with Crippen molar-refractivity contribution in [2.45, 2.75) is 65.0 Å². The molecule has 0 bridgehead atoms. The van der Waals surface area contributed by atoms with Crippen LogP contribution in [-0.4, -0.2) is 30.4 Å². The zero-order chi connectivity index (χ0) is 15.9. The molecule has 1 aliphatic heterocycles. The molecule has 2 rings (SSSR count). The average molecular weight is 309 g/mol. The number of nitrogens with one attached hydrogen (secondary N) is 2. The topological polar surface area (TPSA) is 76.4 Å². The molecular weight excluding hydrogens is 282 g/mol. The number of aromatic nitrogens is 1. The molecule has 1 fully saturated rings. The van der Waals surface area contributed by atoms with Gasteiger partial charge in [-0.25, -0.2) is 4.79 Å². The van der Waals surface area contributed by atoms with Crippen molar-refractivity contribution in [2.24, 2.45) is 0 Å². The lowest BCUT2D eigenvalue weighted by molar-refractivity contribution is 0.0120. The van der Waals surface area contributed by atoms with E-state index < -0.39 is 0 Å². The first kappa shape index (κ1) is 16.8. The Hall–Kier alpha value is -1.56. The molecule has 1 aromatic rings. The van der Waals surface area contributed by atoms with Gasteiger partial charge in [0.15, 0.2) is 0 Å². The van der Waals surface area contributed by atoms with Gasteiger partial charge < -0.3 is 19.9 Å². The second-order valence-electron chi connectivity index (χ2n) is 5.88. The highest BCUT2D eigenvalue weighted by Crippen LogP contribution is 2.23. The third-order valence-corrected chi connectivity index (χ3v) is 4.18. The fourth-order valence-corrected chi connectivity index (χ4v) is 2.96. The van der Waals surface area contributed by atoms with Crippen molar-refractivity contribution in [3.8, 4) is 0 Å². The highest BCUT2D eigenvalue weighted by molar-refractivity contribution is 5.74. The molecule has 0 unspecified atom stereocenters. The van der Waals surface area contributed by atoms with Crippen LogP contribution in [0, 0.1) is 13.8 Å². The molecular formula is C16H27N3O3. The molecule has 2 atom stereocenters. The third kappa shape index (κ3) is 4.47. The van der Waals surface area contributed by atoms with Crippen molar-refractivity contribution in [3.63, 3.8) is 0 Å². The molecule has 0 aliphatic carbocycles. The molecule has 2 heterocycles. The van der Waals surface area contributed by atoms with Gasteiger partial charge in [-0.2, -0.15) is 0 Å². The van der Waals surface area contributed by atoms with E-state index in [0.29, 0.717) is 12.6 Å². The molecule has 0 saturated carbocycles. The van der Waals surface area contributed by atoms with Crippen LogP contribution in [0.3, 0.4) is 0 Å². The van der Waals surface area contributed by atoms with Crippen molar-refractivity contribution in [2.75, 3.05) is 13.2 Å². The lowest BCUT2D eigenvalue weighted by Crippen LogP contribution is -2.39. The second kappa shape index (κ2) is 8.17. The van der Waals surface area contributed by atoms with E-state index >= 15 is 0 Å². The van der Waals surface area contributed by atoms with Crippen LogP contribution in [0.2, 0.25) is 0 Å². The van der Waals surface area contributed by atoms with Gasteiger partial charge in [0.2, 0.25) is 0 Å². The summed E-state index contributed by atoms with van der Waals surface area (Å²) in [7, 11) is 0. The van der Waals surface area contributed by atoms with E-state index in [-0.39, 0.29) is 12.1 Å². The first-order valence-corrected chi connectivity index (χ1v) is 8.20. The summed E-state index contributed by atoms with van der Waals surface area (Å²) in [5.74, 6) is 0.764. The molecule has 124 valence electrons. The van der Waals surface area contributed by atoms with E-state index in [4.69, 9.17) is 9.26 Å². The molecule has 1 aliphatic rings. The summed E-state index contributed by atoms with van der Waals surface area (Å²) in [6, 6.07) is -0.222. The predicted molar refractivity (Wildman–Crippen MR) is 83.8 cm³/mol. The van der Waals surface area contributed by atoms with Crippen LogP contribution in [-0.2, 0) is 4.74 Å². The predicted octanol–water partition coefficient (Wildman–Crippen LogP) is 3.00. The molecule has 0 aromatic carbocycles. The maximum absolute atomic E-state index is 12.1. The zero-order valence-electron chi connectivity index (χ0n) is 13.8. The molecule has 1 saturated heterocycles. The van der Waals surface area contributed by atoms with Gasteiger partial charge in [0.05, 0.1) is 17.8 Å². The number of nitrogens with zero attached hydrogens (tertiary/aromatic N) is 1. The van der Waals surface area contributed by atoms with Crippen LogP contribution in [0.25, 0.3) is 0 Å². The van der Waals surface area contributed by atoms with Crippen molar-refractivity contribution in [1.29, 1.82) is 0 Å². The SMILES string of the molecule is CC[C@@H](NC(=O)NCC[C@H]1CCCCO1)c1c(C)noc1C. The number of aryl methyl sites for hydroxylation is 2. The zero-order valence-corrected chi connectivity index (χ0v) is 13.8. The molecule has 6 heteroatoms. The molecule has 2 N–H and O–H groups in total. The second-order valence-corrected chi connectivity index (χ2v) is 5.88. The highest BCUT2D eigenvalue weighted by atomic mass is 16.5. The van der Waals surface area contributed by atoms with Crippen LogP contribution >= 0.6 is 0 Å². The summed E-state index contributed by atoms with van der Waals surface area (Å²) >= 11 is 0. The number of rotatable bonds is 6. The Bertz CT molecular complexity index is 461. The quantitative estimate of drug-likeness (QED) is 0.847. The van der Waals surface area contributed by atoms with Gasteiger partial charge in [-0.3, -0.25) is 0 Å². The van der Waals surface area contributed by atoms with Gasteiger partial charge >= 0.3 is 6.03 Å². The van der Waals surface area contributed by atoms with E-state index in [9.17, 15) is 4.79 Å². The summed E-state index contributed by atoms with van der Waals surface area (Å²) in [6.45, 7) is 7.29. The van der Waals surface area contributed by atoms with Gasteiger partial charge in [-0.05, 0) is 46.0 Å². The van der Waals surface area contributed by atoms with E-state index in [1.165, 1.54) is 6.42 Å². The number of urea groups is 1. The summed E-state index contributed by atoms with van der Waals surface area (Å²) < 4.78 is 10.8. The first-order chi connectivity index (χ1) is 10.6. The third-order valence-electron chi connectivity index (χ3n) is 4.18. The minimum absolute atomic E-state index is 0.0721. The van der Waals surface area contributed by atoms with Gasteiger partial charge in [0.25, 0.3) is 0 Å². The number of carbonyl (C=O) groups is 1. The molecule has 1 aromatic heterocycles. The Morgan fingerprint density at radius 3 is 2.82 bits per heavy atom. The lowest BCUT2D eigenvalue weighted by Gasteiger charge is -2.23. The number of hydrogen-bond donors (Lipinski definition) is 2. The highest BCUT2D eigenvalue weighted by Gasteiger charge is 2.21. The van der Waals surface area contributed by atoms with Gasteiger partial charge in [0, 0.05) is 18.7 Å². The number of ether oxygens (including phenoxy) is 1. The minimum atomic E-state index is -0.150. The average Bonchev–Trinajstić information content (AvgIpc) is 2.85. The first-order valence-electron chi connectivity index (χ1n) is 8.20. The standard InChI is InChI=1S/C16H27N3O3/c1-4-14(15-11(2)19-22-12(15)3)18-16(20)17-9-8-13-7-5-6-10-21-13/h13-14H,4-10H2,1-3H3,(H2,17,18,20)/t13-,14-/m1/s1. The maximum Gasteiger partial charge on any atom is 0.315 e. The Labute approximate surface area is 132 Å².